The molecule has 0 saturated heterocycles. The third-order valence-electron chi connectivity index (χ3n) is 4.18. The Kier molecular flexibility index (Phi) is 8.04. The Balaban J connectivity index is 2.04. The average molecular weight is 370 g/mol. The molecule has 0 saturated carbocycles. The van der Waals surface area contributed by atoms with Crippen molar-refractivity contribution in [1.29, 1.82) is 0 Å². The molecule has 0 aliphatic rings. The quantitative estimate of drug-likeness (QED) is 0.690. The van der Waals surface area contributed by atoms with E-state index >= 15 is 0 Å². The fraction of sp³-hybridized carbons (Fsp3) is 0.476. The molecule has 0 atom stereocenters. The molecule has 0 aliphatic carbocycles. The molecule has 146 valence electrons. The van der Waals surface area contributed by atoms with Gasteiger partial charge >= 0.3 is 0 Å². The number of ether oxygens (including phenoxy) is 1. The molecule has 1 aromatic carbocycles. The fourth-order valence-electron chi connectivity index (χ4n) is 2.92. The summed E-state index contributed by atoms with van der Waals surface area (Å²) in [7, 11) is 1.66. The van der Waals surface area contributed by atoms with Crippen LogP contribution in [-0.4, -0.2) is 47.5 Å². The molecule has 1 aromatic heterocycles. The molecule has 0 fully saturated rings. The number of rotatable bonds is 10. The van der Waals surface area contributed by atoms with Crippen LogP contribution >= 0.6 is 0 Å². The van der Waals surface area contributed by atoms with Gasteiger partial charge in [-0.05, 0) is 49.9 Å². The number of carbonyl (C=O) groups is 1. The van der Waals surface area contributed by atoms with Gasteiger partial charge in [0.2, 0.25) is 5.95 Å². The highest BCUT2D eigenvalue weighted by Gasteiger charge is 2.17. The lowest BCUT2D eigenvalue weighted by Gasteiger charge is -2.21. The van der Waals surface area contributed by atoms with Crippen LogP contribution in [0.25, 0.3) is 0 Å². The number of nitrogens with one attached hydrogen (secondary N) is 1. The Morgan fingerprint density at radius 1 is 1.15 bits per heavy atom. The number of anilines is 1. The fourth-order valence-corrected chi connectivity index (χ4v) is 2.92. The summed E-state index contributed by atoms with van der Waals surface area (Å²) in [5.74, 6) is 1.31. The van der Waals surface area contributed by atoms with E-state index in [2.05, 4.69) is 35.2 Å². The minimum absolute atomic E-state index is 0.0277. The van der Waals surface area contributed by atoms with E-state index in [1.54, 1.807) is 13.2 Å². The minimum Gasteiger partial charge on any atom is -0.497 e. The molecular weight excluding hydrogens is 340 g/mol. The summed E-state index contributed by atoms with van der Waals surface area (Å²) in [6, 6.07) is 9.74. The number of amides is 1. The van der Waals surface area contributed by atoms with Crippen LogP contribution in [0.3, 0.4) is 0 Å². The standard InChI is InChI=1S/C21H30N4O2/c1-5-12-25(13-6-2)20(26)19-14-16(3)23-21(24-19)22-11-10-17-8-7-9-18(15-17)27-4/h7-9,14-15H,5-6,10-13H2,1-4H3,(H,22,23,24). The molecule has 2 aromatic rings. The van der Waals surface area contributed by atoms with Crippen molar-refractivity contribution in [1.82, 2.24) is 14.9 Å². The Hall–Kier alpha value is -2.63. The van der Waals surface area contributed by atoms with Crippen LogP contribution in [0.15, 0.2) is 30.3 Å². The molecule has 1 heterocycles. The molecule has 0 radical (unpaired) electrons. The first-order valence-electron chi connectivity index (χ1n) is 9.59. The zero-order chi connectivity index (χ0) is 19.6. The number of nitrogens with zero attached hydrogens (tertiary/aromatic N) is 3. The van der Waals surface area contributed by atoms with Crippen LogP contribution < -0.4 is 10.1 Å². The summed E-state index contributed by atoms with van der Waals surface area (Å²) in [5, 5.41) is 3.24. The van der Waals surface area contributed by atoms with E-state index < -0.39 is 0 Å². The van der Waals surface area contributed by atoms with Crippen molar-refractivity contribution in [3.8, 4) is 5.75 Å². The maximum atomic E-state index is 12.8. The second-order valence-electron chi connectivity index (χ2n) is 6.54. The Morgan fingerprint density at radius 2 is 1.89 bits per heavy atom. The number of benzene rings is 1. The summed E-state index contributed by atoms with van der Waals surface area (Å²) < 4.78 is 5.25. The zero-order valence-corrected chi connectivity index (χ0v) is 16.8. The first-order chi connectivity index (χ1) is 13.1. The van der Waals surface area contributed by atoms with Crippen LogP contribution in [0.1, 0.15) is 48.4 Å². The van der Waals surface area contributed by atoms with Gasteiger partial charge in [0.15, 0.2) is 0 Å². The normalized spacial score (nSPS) is 10.5. The van der Waals surface area contributed by atoms with E-state index in [0.717, 1.165) is 43.8 Å². The minimum atomic E-state index is -0.0277. The lowest BCUT2D eigenvalue weighted by atomic mass is 10.1. The van der Waals surface area contributed by atoms with E-state index in [0.29, 0.717) is 18.2 Å². The topological polar surface area (TPSA) is 67.4 Å². The third-order valence-corrected chi connectivity index (χ3v) is 4.18. The third kappa shape index (κ3) is 6.24. The second kappa shape index (κ2) is 10.5. The van der Waals surface area contributed by atoms with Gasteiger partial charge in [0.1, 0.15) is 11.4 Å². The molecule has 27 heavy (non-hydrogen) atoms. The molecule has 2 rings (SSSR count). The number of carbonyl (C=O) groups excluding carboxylic acids is 1. The molecule has 0 unspecified atom stereocenters. The van der Waals surface area contributed by atoms with Crippen LogP contribution in [0, 0.1) is 6.92 Å². The molecular formula is C21H30N4O2. The molecule has 0 aliphatic heterocycles. The van der Waals surface area contributed by atoms with E-state index in [9.17, 15) is 4.79 Å². The second-order valence-corrected chi connectivity index (χ2v) is 6.54. The predicted molar refractivity (Wildman–Crippen MR) is 108 cm³/mol. The Labute approximate surface area is 162 Å². The van der Waals surface area contributed by atoms with Gasteiger partial charge < -0.3 is 15.0 Å². The van der Waals surface area contributed by atoms with Crippen molar-refractivity contribution in [2.45, 2.75) is 40.0 Å². The van der Waals surface area contributed by atoms with Crippen LogP contribution in [0.4, 0.5) is 5.95 Å². The van der Waals surface area contributed by atoms with Crippen molar-refractivity contribution in [3.63, 3.8) is 0 Å². The Morgan fingerprint density at radius 3 is 2.56 bits per heavy atom. The number of aryl methyl sites for hydroxylation is 1. The molecule has 6 nitrogen and oxygen atoms in total. The lowest BCUT2D eigenvalue weighted by molar-refractivity contribution is 0.0749. The van der Waals surface area contributed by atoms with Gasteiger partial charge in [-0.25, -0.2) is 9.97 Å². The van der Waals surface area contributed by atoms with Crippen molar-refractivity contribution >= 4 is 11.9 Å². The molecule has 6 heteroatoms. The molecule has 1 amide bonds. The lowest BCUT2D eigenvalue weighted by Crippen LogP contribution is -2.33. The van der Waals surface area contributed by atoms with Gasteiger partial charge in [-0.15, -0.1) is 0 Å². The van der Waals surface area contributed by atoms with Gasteiger partial charge in [-0.1, -0.05) is 26.0 Å². The summed E-state index contributed by atoms with van der Waals surface area (Å²) in [6.45, 7) is 8.20. The number of hydrogen-bond donors (Lipinski definition) is 1. The molecule has 0 spiro atoms. The van der Waals surface area contributed by atoms with Gasteiger partial charge in [0, 0.05) is 25.3 Å². The summed E-state index contributed by atoms with van der Waals surface area (Å²) in [6.07, 6.45) is 2.68. The van der Waals surface area contributed by atoms with Crippen molar-refractivity contribution in [2.75, 3.05) is 32.1 Å². The van der Waals surface area contributed by atoms with Gasteiger partial charge in [-0.3, -0.25) is 4.79 Å². The van der Waals surface area contributed by atoms with E-state index in [1.807, 2.05) is 30.0 Å². The number of aromatic nitrogens is 2. The number of hydrogen-bond acceptors (Lipinski definition) is 5. The van der Waals surface area contributed by atoms with E-state index in [1.165, 1.54) is 5.56 Å². The van der Waals surface area contributed by atoms with Gasteiger partial charge in [0.25, 0.3) is 5.91 Å². The Bertz CT molecular complexity index is 743. The molecule has 1 N–H and O–H groups in total. The van der Waals surface area contributed by atoms with E-state index in [4.69, 9.17) is 4.74 Å². The maximum absolute atomic E-state index is 12.8. The predicted octanol–water partition coefficient (Wildman–Crippen LogP) is 3.71. The average Bonchev–Trinajstić information content (AvgIpc) is 2.67. The highest BCUT2D eigenvalue weighted by molar-refractivity contribution is 5.92. The van der Waals surface area contributed by atoms with Crippen LogP contribution in [-0.2, 0) is 6.42 Å². The van der Waals surface area contributed by atoms with Crippen molar-refractivity contribution in [2.24, 2.45) is 0 Å². The van der Waals surface area contributed by atoms with Crippen LogP contribution in [0.5, 0.6) is 5.75 Å². The monoisotopic (exact) mass is 370 g/mol. The van der Waals surface area contributed by atoms with Crippen molar-refractivity contribution in [3.05, 3.63) is 47.3 Å². The maximum Gasteiger partial charge on any atom is 0.272 e. The van der Waals surface area contributed by atoms with Gasteiger partial charge in [-0.2, -0.15) is 0 Å². The smallest absolute Gasteiger partial charge is 0.272 e. The summed E-state index contributed by atoms with van der Waals surface area (Å²) >= 11 is 0. The first-order valence-corrected chi connectivity index (χ1v) is 9.59. The number of methoxy groups -OCH3 is 1. The molecule has 0 bridgehead atoms. The largest absolute Gasteiger partial charge is 0.497 e. The summed E-state index contributed by atoms with van der Waals surface area (Å²) in [4.78, 5) is 23.5. The van der Waals surface area contributed by atoms with Gasteiger partial charge in [0.05, 0.1) is 7.11 Å². The van der Waals surface area contributed by atoms with E-state index in [-0.39, 0.29) is 5.91 Å². The van der Waals surface area contributed by atoms with Crippen LogP contribution in [0.2, 0.25) is 0 Å². The summed E-state index contributed by atoms with van der Waals surface area (Å²) in [5.41, 5.74) is 2.40. The first kappa shape index (κ1) is 20.7. The zero-order valence-electron chi connectivity index (χ0n) is 16.8. The highest BCUT2D eigenvalue weighted by Crippen LogP contribution is 2.13. The SMILES string of the molecule is CCCN(CCC)C(=O)c1cc(C)nc(NCCc2cccc(OC)c2)n1. The van der Waals surface area contributed by atoms with Crippen molar-refractivity contribution < 1.29 is 9.53 Å². The highest BCUT2D eigenvalue weighted by atomic mass is 16.5.